The molecule has 0 amide bonds. The summed E-state index contributed by atoms with van der Waals surface area (Å²) < 4.78 is 18.6. The summed E-state index contributed by atoms with van der Waals surface area (Å²) in [6.07, 6.45) is 7.65. The molecule has 1 aromatic heterocycles. The van der Waals surface area contributed by atoms with Gasteiger partial charge in [-0.15, -0.1) is 0 Å². The zero-order valence-corrected chi connectivity index (χ0v) is 18.6. The Labute approximate surface area is 187 Å². The van der Waals surface area contributed by atoms with Crippen molar-refractivity contribution in [3.05, 3.63) is 76.8 Å². The van der Waals surface area contributed by atoms with Gasteiger partial charge in [0.15, 0.2) is 17.3 Å². The van der Waals surface area contributed by atoms with E-state index in [1.807, 2.05) is 24.7 Å². The first kappa shape index (κ1) is 22.4. The molecule has 0 fully saturated rings. The van der Waals surface area contributed by atoms with Gasteiger partial charge in [-0.2, -0.15) is 0 Å². The number of hydrogen-bond donors (Lipinski definition) is 0. The van der Waals surface area contributed by atoms with Crippen molar-refractivity contribution in [1.82, 2.24) is 9.55 Å². The number of benzene rings is 2. The molecule has 0 radical (unpaired) electrons. The molecule has 2 aromatic carbocycles. The molecule has 0 atom stereocenters. The Bertz CT molecular complexity index is 1060. The third kappa shape index (κ3) is 5.89. The molecule has 0 bridgehead atoms. The maximum Gasteiger partial charge on any atom is 0.185 e. The van der Waals surface area contributed by atoms with Crippen LogP contribution in [-0.2, 0) is 13.7 Å². The Morgan fingerprint density at radius 2 is 1.97 bits per heavy atom. The Hall–Kier alpha value is -3.25. The van der Waals surface area contributed by atoms with Crippen LogP contribution in [0.3, 0.4) is 0 Å². The topological polar surface area (TPSA) is 62.6 Å². The third-order valence-corrected chi connectivity index (χ3v) is 4.84. The van der Waals surface area contributed by atoms with Crippen LogP contribution in [0, 0.1) is 0 Å². The van der Waals surface area contributed by atoms with Crippen molar-refractivity contribution in [3.8, 4) is 17.2 Å². The summed E-state index contributed by atoms with van der Waals surface area (Å²) in [7, 11) is 3.47. The molecular weight excluding hydrogens is 416 g/mol. The molecule has 1 heterocycles. The van der Waals surface area contributed by atoms with E-state index in [2.05, 4.69) is 4.98 Å². The van der Waals surface area contributed by atoms with Crippen LogP contribution < -0.4 is 14.2 Å². The SMILES string of the molecule is CCCOc1c(Cl)cc(/C=C/C(=O)c2ccc(OCc3nccn3C)cc2)cc1OC. The molecule has 162 valence electrons. The number of halogens is 1. The summed E-state index contributed by atoms with van der Waals surface area (Å²) in [4.78, 5) is 16.8. The molecule has 7 heteroatoms. The fraction of sp³-hybridized carbons (Fsp3) is 0.250. The summed E-state index contributed by atoms with van der Waals surface area (Å²) >= 11 is 6.33. The summed E-state index contributed by atoms with van der Waals surface area (Å²) in [5.41, 5.74) is 1.30. The molecule has 0 aliphatic rings. The molecule has 0 unspecified atom stereocenters. The van der Waals surface area contributed by atoms with E-state index < -0.39 is 0 Å². The highest BCUT2D eigenvalue weighted by atomic mass is 35.5. The van der Waals surface area contributed by atoms with Crippen molar-refractivity contribution in [2.75, 3.05) is 13.7 Å². The van der Waals surface area contributed by atoms with E-state index in [1.165, 1.54) is 6.08 Å². The molecule has 3 aromatic rings. The van der Waals surface area contributed by atoms with Gasteiger partial charge in [-0.3, -0.25) is 4.79 Å². The summed E-state index contributed by atoms with van der Waals surface area (Å²) in [5.74, 6) is 2.40. The molecule has 0 saturated heterocycles. The first-order chi connectivity index (χ1) is 15.0. The lowest BCUT2D eigenvalue weighted by Gasteiger charge is -2.12. The molecule has 0 aliphatic heterocycles. The van der Waals surface area contributed by atoms with Gasteiger partial charge >= 0.3 is 0 Å². The van der Waals surface area contributed by atoms with Gasteiger partial charge in [0.05, 0.1) is 18.7 Å². The van der Waals surface area contributed by atoms with E-state index in [1.54, 1.807) is 55.8 Å². The average Bonchev–Trinajstić information content (AvgIpc) is 3.20. The standard InChI is InChI=1S/C24H25ClN2O4/c1-4-13-30-24-20(25)14-17(15-22(24)29-3)5-10-21(28)18-6-8-19(9-7-18)31-16-23-26-11-12-27(23)2/h5-12,14-15H,4,13,16H2,1-3H3/b10-5+. The number of ether oxygens (including phenoxy) is 3. The summed E-state index contributed by atoms with van der Waals surface area (Å²) in [6, 6.07) is 10.5. The number of carbonyl (C=O) groups excluding carboxylic acids is 1. The lowest BCUT2D eigenvalue weighted by molar-refractivity contribution is 0.104. The zero-order valence-electron chi connectivity index (χ0n) is 17.8. The van der Waals surface area contributed by atoms with Crippen molar-refractivity contribution in [2.45, 2.75) is 20.0 Å². The normalized spacial score (nSPS) is 11.0. The number of imidazole rings is 1. The van der Waals surface area contributed by atoms with E-state index in [0.29, 0.717) is 41.0 Å². The molecule has 0 aliphatic carbocycles. The van der Waals surface area contributed by atoms with Gasteiger partial charge in [-0.1, -0.05) is 24.6 Å². The van der Waals surface area contributed by atoms with Crippen LogP contribution >= 0.6 is 11.6 Å². The highest BCUT2D eigenvalue weighted by molar-refractivity contribution is 6.32. The third-order valence-electron chi connectivity index (χ3n) is 4.56. The quantitative estimate of drug-likeness (QED) is 0.314. The molecule has 31 heavy (non-hydrogen) atoms. The number of allylic oxidation sites excluding steroid dienone is 1. The van der Waals surface area contributed by atoms with Crippen molar-refractivity contribution < 1.29 is 19.0 Å². The number of aromatic nitrogens is 2. The van der Waals surface area contributed by atoms with Crippen molar-refractivity contribution >= 4 is 23.5 Å². The van der Waals surface area contributed by atoms with Crippen LogP contribution in [0.25, 0.3) is 6.08 Å². The largest absolute Gasteiger partial charge is 0.493 e. The molecule has 0 saturated carbocycles. The van der Waals surface area contributed by atoms with Crippen LogP contribution in [0.5, 0.6) is 17.2 Å². The Kier molecular flexibility index (Phi) is 7.73. The van der Waals surface area contributed by atoms with E-state index >= 15 is 0 Å². The highest BCUT2D eigenvalue weighted by Gasteiger charge is 2.11. The van der Waals surface area contributed by atoms with Crippen molar-refractivity contribution in [2.24, 2.45) is 7.05 Å². The van der Waals surface area contributed by atoms with Crippen LogP contribution in [0.2, 0.25) is 5.02 Å². The fourth-order valence-corrected chi connectivity index (χ4v) is 3.12. The van der Waals surface area contributed by atoms with E-state index in [9.17, 15) is 4.79 Å². The number of nitrogens with zero attached hydrogens (tertiary/aromatic N) is 2. The second-order valence-electron chi connectivity index (χ2n) is 6.85. The van der Waals surface area contributed by atoms with Crippen LogP contribution in [-0.4, -0.2) is 29.1 Å². The molecular formula is C24H25ClN2O4. The number of ketones is 1. The number of rotatable bonds is 10. The minimum Gasteiger partial charge on any atom is -0.493 e. The minimum absolute atomic E-state index is 0.128. The Morgan fingerprint density at radius 1 is 1.19 bits per heavy atom. The second kappa shape index (κ2) is 10.7. The van der Waals surface area contributed by atoms with Gasteiger partial charge in [0.25, 0.3) is 0 Å². The summed E-state index contributed by atoms with van der Waals surface area (Å²) in [6.45, 7) is 2.92. The van der Waals surface area contributed by atoms with Crippen molar-refractivity contribution in [1.29, 1.82) is 0 Å². The van der Waals surface area contributed by atoms with E-state index in [-0.39, 0.29) is 5.78 Å². The number of carbonyl (C=O) groups is 1. The number of hydrogen-bond acceptors (Lipinski definition) is 5. The van der Waals surface area contributed by atoms with Gasteiger partial charge in [-0.25, -0.2) is 4.98 Å². The predicted molar refractivity (Wildman–Crippen MR) is 121 cm³/mol. The van der Waals surface area contributed by atoms with Gasteiger partial charge in [0.1, 0.15) is 18.2 Å². The van der Waals surface area contributed by atoms with Gasteiger partial charge < -0.3 is 18.8 Å². The first-order valence-electron chi connectivity index (χ1n) is 9.93. The zero-order chi connectivity index (χ0) is 22.2. The highest BCUT2D eigenvalue weighted by Crippen LogP contribution is 2.37. The van der Waals surface area contributed by atoms with Crippen LogP contribution in [0.15, 0.2) is 54.9 Å². The Balaban J connectivity index is 1.65. The molecule has 6 nitrogen and oxygen atoms in total. The molecule has 3 rings (SSSR count). The second-order valence-corrected chi connectivity index (χ2v) is 7.25. The van der Waals surface area contributed by atoms with Gasteiger partial charge in [-0.05, 0) is 54.5 Å². The molecule has 0 N–H and O–H groups in total. The smallest absolute Gasteiger partial charge is 0.185 e. The molecule has 0 spiro atoms. The van der Waals surface area contributed by atoms with E-state index in [0.717, 1.165) is 17.8 Å². The number of methoxy groups -OCH3 is 1. The fourth-order valence-electron chi connectivity index (χ4n) is 2.85. The van der Waals surface area contributed by atoms with Gasteiger partial charge in [0.2, 0.25) is 0 Å². The first-order valence-corrected chi connectivity index (χ1v) is 10.3. The van der Waals surface area contributed by atoms with Crippen LogP contribution in [0.1, 0.15) is 35.1 Å². The monoisotopic (exact) mass is 440 g/mol. The lowest BCUT2D eigenvalue weighted by Crippen LogP contribution is -2.03. The maximum atomic E-state index is 12.5. The van der Waals surface area contributed by atoms with E-state index in [4.69, 9.17) is 25.8 Å². The Morgan fingerprint density at radius 3 is 2.61 bits per heavy atom. The number of aryl methyl sites for hydroxylation is 1. The van der Waals surface area contributed by atoms with Crippen LogP contribution in [0.4, 0.5) is 0 Å². The summed E-state index contributed by atoms with van der Waals surface area (Å²) in [5, 5.41) is 0.439. The van der Waals surface area contributed by atoms with Crippen molar-refractivity contribution in [3.63, 3.8) is 0 Å². The minimum atomic E-state index is -0.128. The average molecular weight is 441 g/mol. The van der Waals surface area contributed by atoms with Gasteiger partial charge in [0, 0.05) is 25.0 Å². The lowest BCUT2D eigenvalue weighted by atomic mass is 10.1. The predicted octanol–water partition coefficient (Wildman–Crippen LogP) is 5.35. The maximum absolute atomic E-state index is 12.5.